The van der Waals surface area contributed by atoms with Crippen LogP contribution in [0.25, 0.3) is 0 Å². The Bertz CT molecular complexity index is 505. The SMILES string of the molecule is FC(F)(F)c1cnc(SCC[C@](F)(Br)C(F)(F)Br)c(Cl)c1. The van der Waals surface area contributed by atoms with Crippen LogP contribution >= 0.6 is 55.2 Å². The van der Waals surface area contributed by atoms with E-state index in [4.69, 9.17) is 11.6 Å². The molecule has 1 aromatic heterocycles. The molecular weight excluding hydrogens is 475 g/mol. The number of nitrogens with zero attached hydrogens (tertiary/aromatic N) is 1. The van der Waals surface area contributed by atoms with Crippen molar-refractivity contribution >= 4 is 55.2 Å². The van der Waals surface area contributed by atoms with Gasteiger partial charge in [-0.25, -0.2) is 9.37 Å². The van der Waals surface area contributed by atoms with Gasteiger partial charge in [-0.05, 0) is 37.9 Å². The van der Waals surface area contributed by atoms with Crippen LogP contribution in [0, 0.1) is 0 Å². The van der Waals surface area contributed by atoms with E-state index in [1.54, 1.807) is 0 Å². The highest BCUT2D eigenvalue weighted by Gasteiger charge is 2.50. The molecule has 0 amide bonds. The third-order valence-corrected chi connectivity index (χ3v) is 5.67. The Morgan fingerprint density at radius 3 is 2.14 bits per heavy atom. The van der Waals surface area contributed by atoms with Gasteiger partial charge in [0.05, 0.1) is 10.6 Å². The number of rotatable bonds is 5. The van der Waals surface area contributed by atoms with Crippen molar-refractivity contribution in [1.29, 1.82) is 0 Å². The van der Waals surface area contributed by atoms with Crippen LogP contribution in [0.1, 0.15) is 12.0 Å². The quantitative estimate of drug-likeness (QED) is 0.279. The van der Waals surface area contributed by atoms with Crippen molar-refractivity contribution in [1.82, 2.24) is 4.98 Å². The van der Waals surface area contributed by atoms with Crippen molar-refractivity contribution in [3.8, 4) is 0 Å². The fourth-order valence-electron chi connectivity index (χ4n) is 1.10. The Morgan fingerprint density at radius 2 is 1.71 bits per heavy atom. The van der Waals surface area contributed by atoms with Gasteiger partial charge in [-0.3, -0.25) is 0 Å². The summed E-state index contributed by atoms with van der Waals surface area (Å²) >= 11 is 10.6. The minimum Gasteiger partial charge on any atom is -0.248 e. The molecule has 1 aromatic rings. The van der Waals surface area contributed by atoms with Gasteiger partial charge in [-0.1, -0.05) is 11.6 Å². The fraction of sp³-hybridized carbons (Fsp3) is 0.500. The van der Waals surface area contributed by atoms with Gasteiger partial charge < -0.3 is 0 Å². The summed E-state index contributed by atoms with van der Waals surface area (Å²) in [5, 5.41) is -0.273. The largest absolute Gasteiger partial charge is 0.417 e. The number of alkyl halides is 8. The highest BCUT2D eigenvalue weighted by molar-refractivity contribution is 9.12. The lowest BCUT2D eigenvalue weighted by molar-refractivity contribution is -0.137. The number of halogens is 9. The van der Waals surface area contributed by atoms with Crippen LogP contribution in [-0.4, -0.2) is 20.1 Å². The van der Waals surface area contributed by atoms with E-state index in [2.05, 4.69) is 20.9 Å². The summed E-state index contributed by atoms with van der Waals surface area (Å²) in [6, 6.07) is 0.673. The molecule has 0 aliphatic heterocycles. The maximum Gasteiger partial charge on any atom is 0.417 e. The molecule has 0 bridgehead atoms. The molecule has 0 N–H and O–H groups in total. The summed E-state index contributed by atoms with van der Waals surface area (Å²) in [6.45, 7) is 0. The predicted octanol–water partition coefficient (Wildman–Crippen LogP) is 6.28. The highest BCUT2D eigenvalue weighted by atomic mass is 79.9. The summed E-state index contributed by atoms with van der Waals surface area (Å²) < 4.78 is 73.3. The third-order valence-electron chi connectivity index (χ3n) is 2.20. The molecular formula is C10H6Br2ClF6NS. The number of pyridine rings is 1. The smallest absolute Gasteiger partial charge is 0.248 e. The first-order chi connectivity index (χ1) is 9.34. The molecule has 0 aliphatic carbocycles. The maximum atomic E-state index is 13.5. The zero-order chi connectivity index (χ0) is 16.5. The number of thioether (sulfide) groups is 1. The van der Waals surface area contributed by atoms with Gasteiger partial charge in [0.1, 0.15) is 5.03 Å². The van der Waals surface area contributed by atoms with E-state index >= 15 is 0 Å². The van der Waals surface area contributed by atoms with Gasteiger partial charge in [0.15, 0.2) is 0 Å². The molecule has 0 unspecified atom stereocenters. The molecule has 1 rings (SSSR count). The maximum absolute atomic E-state index is 13.5. The lowest BCUT2D eigenvalue weighted by atomic mass is 10.3. The summed E-state index contributed by atoms with van der Waals surface area (Å²) in [6.07, 6.45) is -4.62. The average Bonchev–Trinajstić information content (AvgIpc) is 2.28. The van der Waals surface area contributed by atoms with Crippen LogP contribution in [0.2, 0.25) is 5.02 Å². The monoisotopic (exact) mass is 479 g/mol. The Morgan fingerprint density at radius 1 is 1.14 bits per heavy atom. The highest BCUT2D eigenvalue weighted by Crippen LogP contribution is 2.46. The van der Waals surface area contributed by atoms with E-state index in [0.717, 1.165) is 11.8 Å². The summed E-state index contributed by atoms with van der Waals surface area (Å²) in [7, 11) is 0. The molecule has 1 heterocycles. The van der Waals surface area contributed by atoms with Crippen molar-refractivity contribution in [2.45, 2.75) is 27.0 Å². The zero-order valence-electron chi connectivity index (χ0n) is 9.83. The van der Waals surface area contributed by atoms with Crippen LogP contribution in [0.4, 0.5) is 26.3 Å². The molecule has 0 aliphatic rings. The normalized spacial score (nSPS) is 15.9. The second-order valence-electron chi connectivity index (χ2n) is 3.81. The van der Waals surface area contributed by atoms with E-state index in [-0.39, 0.29) is 15.8 Å². The van der Waals surface area contributed by atoms with Crippen molar-refractivity contribution in [3.63, 3.8) is 0 Å². The van der Waals surface area contributed by atoms with Gasteiger partial charge in [-0.15, -0.1) is 11.8 Å². The van der Waals surface area contributed by atoms with E-state index in [1.807, 2.05) is 15.9 Å². The molecule has 21 heavy (non-hydrogen) atoms. The molecule has 0 radical (unpaired) electrons. The second kappa shape index (κ2) is 6.84. The summed E-state index contributed by atoms with van der Waals surface area (Å²) in [5.41, 5.74) is -1.02. The third kappa shape index (κ3) is 5.47. The van der Waals surface area contributed by atoms with Crippen LogP contribution in [0.3, 0.4) is 0 Å². The molecule has 0 saturated carbocycles. The molecule has 0 aromatic carbocycles. The summed E-state index contributed by atoms with van der Waals surface area (Å²) in [5.74, 6) is -0.166. The predicted molar refractivity (Wildman–Crippen MR) is 76.2 cm³/mol. The van der Waals surface area contributed by atoms with E-state index in [0.29, 0.717) is 12.3 Å². The van der Waals surface area contributed by atoms with Gasteiger partial charge in [0.2, 0.25) is 4.58 Å². The first kappa shape index (κ1) is 19.4. The fourth-order valence-corrected chi connectivity index (χ4v) is 2.99. The topological polar surface area (TPSA) is 12.9 Å². The van der Waals surface area contributed by atoms with Crippen molar-refractivity contribution in [2.24, 2.45) is 0 Å². The Kier molecular flexibility index (Phi) is 6.31. The van der Waals surface area contributed by atoms with Gasteiger partial charge in [0.25, 0.3) is 0 Å². The Balaban J connectivity index is 2.70. The van der Waals surface area contributed by atoms with Crippen LogP contribution in [0.5, 0.6) is 0 Å². The molecule has 11 heteroatoms. The van der Waals surface area contributed by atoms with E-state index < -0.39 is 27.6 Å². The number of aromatic nitrogens is 1. The minimum atomic E-state index is -4.58. The summed E-state index contributed by atoms with van der Waals surface area (Å²) in [4.78, 5) is -0.279. The van der Waals surface area contributed by atoms with Crippen molar-refractivity contribution in [2.75, 3.05) is 5.75 Å². The van der Waals surface area contributed by atoms with Gasteiger partial charge in [0, 0.05) is 18.4 Å². The van der Waals surface area contributed by atoms with E-state index in [9.17, 15) is 26.3 Å². The van der Waals surface area contributed by atoms with Gasteiger partial charge in [-0.2, -0.15) is 22.0 Å². The van der Waals surface area contributed by atoms with Crippen molar-refractivity contribution < 1.29 is 26.3 Å². The molecule has 0 fully saturated rings. The Labute approximate surface area is 142 Å². The number of hydrogen-bond acceptors (Lipinski definition) is 2. The number of hydrogen-bond donors (Lipinski definition) is 0. The van der Waals surface area contributed by atoms with Crippen LogP contribution in [-0.2, 0) is 6.18 Å². The van der Waals surface area contributed by atoms with Gasteiger partial charge >= 0.3 is 11.0 Å². The molecule has 120 valence electrons. The Hall–Kier alpha value is 0.330. The molecule has 0 saturated heterocycles. The van der Waals surface area contributed by atoms with E-state index in [1.165, 1.54) is 0 Å². The first-order valence-corrected chi connectivity index (χ1v) is 8.09. The first-order valence-electron chi connectivity index (χ1n) is 5.15. The average molecular weight is 481 g/mol. The second-order valence-corrected chi connectivity index (χ2v) is 7.55. The van der Waals surface area contributed by atoms with Crippen LogP contribution in [0.15, 0.2) is 17.3 Å². The molecule has 0 spiro atoms. The molecule has 1 atom stereocenters. The lowest BCUT2D eigenvalue weighted by Crippen LogP contribution is -2.33. The minimum absolute atomic E-state index is 0.00542. The molecule has 1 nitrogen and oxygen atoms in total. The lowest BCUT2D eigenvalue weighted by Gasteiger charge is -2.23. The van der Waals surface area contributed by atoms with Crippen molar-refractivity contribution in [3.05, 3.63) is 22.8 Å². The standard InChI is InChI=1S/C10H6Br2ClF6NS/c11-8(14,10(12,18)19)1-2-21-7-6(13)3-5(4-20-7)9(15,16)17/h3-4H,1-2H2/t8-/m1/s1. The zero-order valence-corrected chi connectivity index (χ0v) is 14.6. The van der Waals surface area contributed by atoms with Crippen LogP contribution < -0.4 is 0 Å².